The first-order valence-corrected chi connectivity index (χ1v) is 5.94. The number of nitrogens with zero attached hydrogens (tertiary/aromatic N) is 6. The first kappa shape index (κ1) is 11.8. The standard InChI is InChI=1S/C10H13N7O2/c1-2-12-8-14-9(17-6-11-5-13-17)16-10(15-8)19-7-3-18-4-7/h5-7H,2-4H2,1H3,(H,12,14,15,16). The zero-order valence-corrected chi connectivity index (χ0v) is 10.4. The molecule has 2 aromatic rings. The van der Waals surface area contributed by atoms with Crippen molar-refractivity contribution in [2.24, 2.45) is 0 Å². The van der Waals surface area contributed by atoms with E-state index in [4.69, 9.17) is 9.47 Å². The lowest BCUT2D eigenvalue weighted by Gasteiger charge is -2.25. The lowest BCUT2D eigenvalue weighted by atomic mass is 10.3. The lowest BCUT2D eigenvalue weighted by molar-refractivity contribution is -0.0831. The quantitative estimate of drug-likeness (QED) is 0.782. The van der Waals surface area contributed by atoms with Gasteiger partial charge in [-0.3, -0.25) is 0 Å². The first-order valence-electron chi connectivity index (χ1n) is 5.94. The van der Waals surface area contributed by atoms with E-state index in [9.17, 15) is 0 Å². The van der Waals surface area contributed by atoms with E-state index >= 15 is 0 Å². The van der Waals surface area contributed by atoms with Gasteiger partial charge in [0.25, 0.3) is 5.95 Å². The molecule has 0 bridgehead atoms. The Kier molecular flexibility index (Phi) is 3.19. The van der Waals surface area contributed by atoms with E-state index in [1.54, 1.807) is 0 Å². The number of rotatable bonds is 5. The largest absolute Gasteiger partial charge is 0.455 e. The van der Waals surface area contributed by atoms with Crippen molar-refractivity contribution in [2.45, 2.75) is 13.0 Å². The summed E-state index contributed by atoms with van der Waals surface area (Å²) in [5.74, 6) is 0.803. The highest BCUT2D eigenvalue weighted by atomic mass is 16.6. The molecule has 9 nitrogen and oxygen atoms in total. The predicted molar refractivity (Wildman–Crippen MR) is 64.1 cm³/mol. The molecule has 1 N–H and O–H groups in total. The molecule has 3 heterocycles. The van der Waals surface area contributed by atoms with Crippen LogP contribution in [0.2, 0.25) is 0 Å². The lowest BCUT2D eigenvalue weighted by Crippen LogP contribution is -2.39. The molecule has 0 aliphatic carbocycles. The molecule has 0 amide bonds. The average molecular weight is 263 g/mol. The Morgan fingerprint density at radius 1 is 1.42 bits per heavy atom. The maximum Gasteiger partial charge on any atom is 0.323 e. The molecule has 0 spiro atoms. The summed E-state index contributed by atoms with van der Waals surface area (Å²) >= 11 is 0. The van der Waals surface area contributed by atoms with Crippen LogP contribution in [0, 0.1) is 0 Å². The van der Waals surface area contributed by atoms with E-state index in [2.05, 4.69) is 30.4 Å². The van der Waals surface area contributed by atoms with Crippen molar-refractivity contribution < 1.29 is 9.47 Å². The SMILES string of the molecule is CCNc1nc(OC2COC2)nc(-n2cncn2)n1. The highest BCUT2D eigenvalue weighted by molar-refractivity contribution is 5.29. The van der Waals surface area contributed by atoms with Gasteiger partial charge in [0.05, 0.1) is 13.2 Å². The normalized spacial score (nSPS) is 15.0. The Hall–Kier alpha value is -2.29. The Morgan fingerprint density at radius 3 is 2.95 bits per heavy atom. The number of nitrogens with one attached hydrogen (secondary N) is 1. The van der Waals surface area contributed by atoms with E-state index in [0.29, 0.717) is 31.7 Å². The molecule has 1 saturated heterocycles. The first-order chi connectivity index (χ1) is 9.35. The Bertz CT molecular complexity index is 541. The summed E-state index contributed by atoms with van der Waals surface area (Å²) in [6.07, 6.45) is 2.93. The van der Waals surface area contributed by atoms with Gasteiger partial charge in [-0.1, -0.05) is 0 Å². The zero-order chi connectivity index (χ0) is 13.1. The topological polar surface area (TPSA) is 99.9 Å². The zero-order valence-electron chi connectivity index (χ0n) is 10.4. The molecule has 1 aliphatic heterocycles. The molecule has 0 aromatic carbocycles. The molecule has 100 valence electrons. The van der Waals surface area contributed by atoms with Crippen LogP contribution in [-0.4, -0.2) is 55.6 Å². The minimum Gasteiger partial charge on any atom is -0.455 e. The second-order valence-electron chi connectivity index (χ2n) is 3.89. The molecule has 3 rings (SSSR count). The van der Waals surface area contributed by atoms with E-state index in [-0.39, 0.29) is 12.1 Å². The van der Waals surface area contributed by atoms with Gasteiger partial charge in [-0.25, -0.2) is 4.98 Å². The van der Waals surface area contributed by atoms with Gasteiger partial charge in [0.1, 0.15) is 18.8 Å². The van der Waals surface area contributed by atoms with Crippen molar-refractivity contribution in [3.63, 3.8) is 0 Å². The van der Waals surface area contributed by atoms with Crippen molar-refractivity contribution in [3.8, 4) is 12.0 Å². The summed E-state index contributed by atoms with van der Waals surface area (Å²) in [5.41, 5.74) is 0. The number of aromatic nitrogens is 6. The van der Waals surface area contributed by atoms with Gasteiger partial charge in [-0.2, -0.15) is 24.7 Å². The van der Waals surface area contributed by atoms with Gasteiger partial charge in [-0.05, 0) is 6.92 Å². The fourth-order valence-electron chi connectivity index (χ4n) is 1.48. The second kappa shape index (κ2) is 5.14. The van der Waals surface area contributed by atoms with Crippen molar-refractivity contribution in [1.82, 2.24) is 29.7 Å². The molecule has 1 aliphatic rings. The Balaban J connectivity index is 1.89. The van der Waals surface area contributed by atoms with Crippen LogP contribution in [0.25, 0.3) is 5.95 Å². The molecule has 19 heavy (non-hydrogen) atoms. The third-order valence-corrected chi connectivity index (χ3v) is 2.44. The maximum atomic E-state index is 5.59. The van der Waals surface area contributed by atoms with Crippen LogP contribution in [0.15, 0.2) is 12.7 Å². The van der Waals surface area contributed by atoms with Gasteiger partial charge < -0.3 is 14.8 Å². The number of anilines is 1. The molecule has 0 unspecified atom stereocenters. The van der Waals surface area contributed by atoms with Crippen LogP contribution in [0.5, 0.6) is 6.01 Å². The summed E-state index contributed by atoms with van der Waals surface area (Å²) in [6.45, 7) is 3.77. The Morgan fingerprint density at radius 2 is 2.32 bits per heavy atom. The molecule has 0 saturated carbocycles. The average Bonchev–Trinajstić information content (AvgIpc) is 2.88. The molecular formula is C10H13N7O2. The summed E-state index contributed by atoms with van der Waals surface area (Å²) in [7, 11) is 0. The van der Waals surface area contributed by atoms with E-state index in [1.807, 2.05) is 6.92 Å². The molecular weight excluding hydrogens is 250 g/mol. The van der Waals surface area contributed by atoms with Gasteiger partial charge in [0.15, 0.2) is 0 Å². The van der Waals surface area contributed by atoms with Crippen LogP contribution in [0.4, 0.5) is 5.95 Å². The minimum absolute atomic E-state index is 0.000438. The Labute approximate surface area is 109 Å². The summed E-state index contributed by atoms with van der Waals surface area (Å²) < 4.78 is 12.1. The maximum absolute atomic E-state index is 5.59. The summed E-state index contributed by atoms with van der Waals surface area (Å²) in [5, 5.41) is 7.01. The number of hydrogen-bond donors (Lipinski definition) is 1. The third-order valence-electron chi connectivity index (χ3n) is 2.44. The molecule has 0 atom stereocenters. The highest BCUT2D eigenvalue weighted by Gasteiger charge is 2.22. The van der Waals surface area contributed by atoms with Crippen LogP contribution in [-0.2, 0) is 4.74 Å². The summed E-state index contributed by atoms with van der Waals surface area (Å²) in [4.78, 5) is 16.5. The fraction of sp³-hybridized carbons (Fsp3) is 0.500. The van der Waals surface area contributed by atoms with Gasteiger partial charge in [0.2, 0.25) is 5.95 Å². The van der Waals surface area contributed by atoms with Gasteiger partial charge in [0, 0.05) is 6.54 Å². The molecule has 1 fully saturated rings. The highest BCUT2D eigenvalue weighted by Crippen LogP contribution is 2.14. The molecule has 2 aromatic heterocycles. The molecule has 0 radical (unpaired) electrons. The predicted octanol–water partition coefficient (Wildman–Crippen LogP) is -0.338. The van der Waals surface area contributed by atoms with E-state index in [0.717, 1.165) is 0 Å². The van der Waals surface area contributed by atoms with Crippen molar-refractivity contribution in [3.05, 3.63) is 12.7 Å². The van der Waals surface area contributed by atoms with E-state index < -0.39 is 0 Å². The smallest absolute Gasteiger partial charge is 0.323 e. The molecule has 9 heteroatoms. The van der Waals surface area contributed by atoms with Crippen molar-refractivity contribution in [1.29, 1.82) is 0 Å². The van der Waals surface area contributed by atoms with Crippen LogP contribution in [0.3, 0.4) is 0 Å². The number of ether oxygens (including phenoxy) is 2. The third kappa shape index (κ3) is 2.60. The number of hydrogen-bond acceptors (Lipinski definition) is 8. The van der Waals surface area contributed by atoms with E-state index in [1.165, 1.54) is 17.3 Å². The van der Waals surface area contributed by atoms with Crippen LogP contribution >= 0.6 is 0 Å². The second-order valence-corrected chi connectivity index (χ2v) is 3.89. The monoisotopic (exact) mass is 263 g/mol. The van der Waals surface area contributed by atoms with Gasteiger partial charge in [-0.15, -0.1) is 0 Å². The van der Waals surface area contributed by atoms with Crippen LogP contribution in [0.1, 0.15) is 6.92 Å². The minimum atomic E-state index is 0.000438. The van der Waals surface area contributed by atoms with Gasteiger partial charge >= 0.3 is 6.01 Å². The van der Waals surface area contributed by atoms with Crippen molar-refractivity contribution in [2.75, 3.05) is 25.1 Å². The summed E-state index contributed by atoms with van der Waals surface area (Å²) in [6, 6.07) is 0.254. The van der Waals surface area contributed by atoms with Crippen LogP contribution < -0.4 is 10.1 Å². The van der Waals surface area contributed by atoms with Crippen molar-refractivity contribution >= 4 is 5.95 Å². The fourth-order valence-corrected chi connectivity index (χ4v) is 1.48.